The molecule has 0 N–H and O–H groups in total. The van der Waals surface area contributed by atoms with Crippen molar-refractivity contribution in [1.29, 1.82) is 0 Å². The molecule has 3 aromatic rings. The van der Waals surface area contributed by atoms with Gasteiger partial charge in [0.05, 0.1) is 22.6 Å². The lowest BCUT2D eigenvalue weighted by molar-refractivity contribution is -0.117. The monoisotopic (exact) mass is 440 g/mol. The number of benzene rings is 2. The predicted octanol–water partition coefficient (Wildman–Crippen LogP) is 6.41. The van der Waals surface area contributed by atoms with E-state index in [0.717, 1.165) is 32.4 Å². The number of thiazole rings is 1. The normalized spacial score (nSPS) is 17.8. The minimum atomic E-state index is -0.209. The Hall–Kier alpha value is -2.05. The highest BCUT2D eigenvalue weighted by Crippen LogP contribution is 2.44. The van der Waals surface area contributed by atoms with Gasteiger partial charge in [0.1, 0.15) is 5.75 Å². The molecule has 2 heterocycles. The van der Waals surface area contributed by atoms with E-state index >= 15 is 0 Å². The molecule has 1 aliphatic rings. The summed E-state index contributed by atoms with van der Waals surface area (Å²) in [4.78, 5) is 20.1. The number of fused-ring (bicyclic) bond motifs is 2. The van der Waals surface area contributed by atoms with Crippen molar-refractivity contribution in [2.75, 3.05) is 17.3 Å². The average Bonchev–Trinajstić information content (AvgIpc) is 3.09. The molecule has 158 valence electrons. The quantitative estimate of drug-likeness (QED) is 0.430. The van der Waals surface area contributed by atoms with E-state index in [1.165, 1.54) is 22.9 Å². The van der Waals surface area contributed by atoms with Crippen molar-refractivity contribution in [3.05, 3.63) is 47.5 Å². The Labute approximate surface area is 186 Å². The molecule has 2 aromatic carbocycles. The van der Waals surface area contributed by atoms with E-state index in [2.05, 4.69) is 45.9 Å². The SMILES string of the molecule is CCOc1ccc2nc(SCC(=O)N3c4ccc(C)cc4C(C)CC3(C)C)sc2c1. The first kappa shape index (κ1) is 21.2. The van der Waals surface area contributed by atoms with E-state index < -0.39 is 0 Å². The number of ether oxygens (including phenoxy) is 1. The summed E-state index contributed by atoms with van der Waals surface area (Å²) in [5, 5.41) is 0. The van der Waals surface area contributed by atoms with Crippen molar-refractivity contribution in [3.8, 4) is 5.75 Å². The van der Waals surface area contributed by atoms with Crippen molar-refractivity contribution in [2.24, 2.45) is 0 Å². The third-order valence-electron chi connectivity index (χ3n) is 5.59. The zero-order valence-corrected chi connectivity index (χ0v) is 19.8. The average molecular weight is 441 g/mol. The van der Waals surface area contributed by atoms with E-state index in [1.807, 2.05) is 30.0 Å². The lowest BCUT2D eigenvalue weighted by atomic mass is 9.79. The molecule has 0 saturated heterocycles. The Morgan fingerprint density at radius 3 is 2.87 bits per heavy atom. The Kier molecular flexibility index (Phi) is 5.82. The van der Waals surface area contributed by atoms with Crippen molar-refractivity contribution < 1.29 is 9.53 Å². The standard InChI is InChI=1S/C24H28N2O2S2/c1-6-28-17-8-9-19-21(12-17)30-23(25-19)29-14-22(27)26-20-10-7-15(2)11-18(20)16(3)13-24(26,4)5/h7-12,16H,6,13-14H2,1-5H3. The van der Waals surface area contributed by atoms with E-state index in [0.29, 0.717) is 18.3 Å². The molecule has 0 aliphatic carbocycles. The van der Waals surface area contributed by atoms with Crippen molar-refractivity contribution in [3.63, 3.8) is 0 Å². The third-order valence-corrected chi connectivity index (χ3v) is 7.73. The molecule has 0 bridgehead atoms. The molecular weight excluding hydrogens is 412 g/mol. The minimum absolute atomic E-state index is 0.135. The van der Waals surface area contributed by atoms with Gasteiger partial charge in [-0.2, -0.15) is 0 Å². The number of nitrogens with zero attached hydrogens (tertiary/aromatic N) is 2. The first-order chi connectivity index (χ1) is 14.3. The fourth-order valence-corrected chi connectivity index (χ4v) is 6.36. The molecule has 0 saturated carbocycles. The summed E-state index contributed by atoms with van der Waals surface area (Å²) >= 11 is 3.14. The molecule has 0 fully saturated rings. The molecule has 4 rings (SSSR count). The number of thioether (sulfide) groups is 1. The van der Waals surface area contributed by atoms with E-state index in [4.69, 9.17) is 9.72 Å². The van der Waals surface area contributed by atoms with Gasteiger partial charge < -0.3 is 9.64 Å². The molecule has 0 radical (unpaired) electrons. The maximum atomic E-state index is 13.4. The Morgan fingerprint density at radius 1 is 1.30 bits per heavy atom. The number of hydrogen-bond acceptors (Lipinski definition) is 5. The maximum absolute atomic E-state index is 13.4. The second-order valence-electron chi connectivity index (χ2n) is 8.54. The summed E-state index contributed by atoms with van der Waals surface area (Å²) in [6.07, 6.45) is 0.960. The van der Waals surface area contributed by atoms with Gasteiger partial charge in [0.25, 0.3) is 0 Å². The van der Waals surface area contributed by atoms with Crippen LogP contribution in [0, 0.1) is 6.92 Å². The van der Waals surface area contributed by atoms with Crippen LogP contribution in [0.5, 0.6) is 5.75 Å². The third kappa shape index (κ3) is 4.08. The van der Waals surface area contributed by atoms with Gasteiger partial charge in [0.15, 0.2) is 4.34 Å². The second-order valence-corrected chi connectivity index (χ2v) is 10.8. The summed E-state index contributed by atoms with van der Waals surface area (Å²) in [5.41, 5.74) is 4.31. The summed E-state index contributed by atoms with van der Waals surface area (Å²) in [6.45, 7) is 11.3. The van der Waals surface area contributed by atoms with Crippen molar-refractivity contribution in [2.45, 2.75) is 56.8 Å². The van der Waals surface area contributed by atoms with Crippen LogP contribution in [0.15, 0.2) is 40.7 Å². The van der Waals surface area contributed by atoms with Crippen LogP contribution in [0.2, 0.25) is 0 Å². The van der Waals surface area contributed by atoms with Gasteiger partial charge in [0, 0.05) is 11.2 Å². The molecule has 1 amide bonds. The molecule has 1 atom stereocenters. The van der Waals surface area contributed by atoms with Gasteiger partial charge in [-0.3, -0.25) is 4.79 Å². The Morgan fingerprint density at radius 2 is 2.10 bits per heavy atom. The number of anilines is 1. The number of hydrogen-bond donors (Lipinski definition) is 0. The maximum Gasteiger partial charge on any atom is 0.237 e. The number of carbonyl (C=O) groups is 1. The van der Waals surface area contributed by atoms with Gasteiger partial charge >= 0.3 is 0 Å². The van der Waals surface area contributed by atoms with Gasteiger partial charge in [-0.15, -0.1) is 11.3 Å². The van der Waals surface area contributed by atoms with Crippen LogP contribution in [0.25, 0.3) is 10.2 Å². The summed E-state index contributed by atoms with van der Waals surface area (Å²) < 4.78 is 7.59. The number of rotatable bonds is 5. The second kappa shape index (κ2) is 8.23. The van der Waals surface area contributed by atoms with Crippen LogP contribution in [-0.2, 0) is 4.79 Å². The zero-order valence-electron chi connectivity index (χ0n) is 18.2. The molecule has 0 spiro atoms. The molecule has 1 aliphatic heterocycles. The van der Waals surface area contributed by atoms with Crippen LogP contribution in [0.3, 0.4) is 0 Å². The largest absolute Gasteiger partial charge is 0.494 e. The first-order valence-electron chi connectivity index (χ1n) is 10.4. The van der Waals surface area contributed by atoms with Gasteiger partial charge in [-0.05, 0) is 69.9 Å². The van der Waals surface area contributed by atoms with E-state index in [1.54, 1.807) is 11.3 Å². The minimum Gasteiger partial charge on any atom is -0.494 e. The lowest BCUT2D eigenvalue weighted by Gasteiger charge is -2.46. The number of aryl methyl sites for hydroxylation is 1. The van der Waals surface area contributed by atoms with Crippen LogP contribution in [-0.4, -0.2) is 28.8 Å². The van der Waals surface area contributed by atoms with Crippen molar-refractivity contribution >= 4 is 44.9 Å². The fraction of sp³-hybridized carbons (Fsp3) is 0.417. The van der Waals surface area contributed by atoms with E-state index in [9.17, 15) is 4.79 Å². The topological polar surface area (TPSA) is 42.4 Å². The number of carbonyl (C=O) groups excluding carboxylic acids is 1. The zero-order chi connectivity index (χ0) is 21.5. The summed E-state index contributed by atoms with van der Waals surface area (Å²) in [6, 6.07) is 12.4. The molecule has 4 nitrogen and oxygen atoms in total. The van der Waals surface area contributed by atoms with Gasteiger partial charge in [-0.1, -0.05) is 36.4 Å². The molecular formula is C24H28N2O2S2. The Balaban J connectivity index is 1.55. The number of amides is 1. The fourth-order valence-electron chi connectivity index (χ4n) is 4.41. The molecule has 30 heavy (non-hydrogen) atoms. The lowest BCUT2D eigenvalue weighted by Crippen LogP contribution is -2.52. The van der Waals surface area contributed by atoms with E-state index in [-0.39, 0.29) is 11.4 Å². The van der Waals surface area contributed by atoms with Crippen LogP contribution >= 0.6 is 23.1 Å². The van der Waals surface area contributed by atoms with Crippen LogP contribution < -0.4 is 9.64 Å². The first-order valence-corrected chi connectivity index (χ1v) is 12.2. The van der Waals surface area contributed by atoms with Crippen LogP contribution in [0.1, 0.15) is 51.2 Å². The molecule has 1 unspecified atom stereocenters. The molecule has 1 aromatic heterocycles. The Bertz CT molecular complexity index is 1090. The summed E-state index contributed by atoms with van der Waals surface area (Å²) in [7, 11) is 0. The smallest absolute Gasteiger partial charge is 0.237 e. The van der Waals surface area contributed by atoms with Gasteiger partial charge in [0.2, 0.25) is 5.91 Å². The molecule has 6 heteroatoms. The predicted molar refractivity (Wildman–Crippen MR) is 127 cm³/mol. The van der Waals surface area contributed by atoms with Crippen molar-refractivity contribution in [1.82, 2.24) is 4.98 Å². The van der Waals surface area contributed by atoms with Crippen LogP contribution in [0.4, 0.5) is 5.69 Å². The highest BCUT2D eigenvalue weighted by Gasteiger charge is 2.39. The highest BCUT2D eigenvalue weighted by molar-refractivity contribution is 8.01. The number of aromatic nitrogens is 1. The van der Waals surface area contributed by atoms with Gasteiger partial charge in [-0.25, -0.2) is 4.98 Å². The summed E-state index contributed by atoms with van der Waals surface area (Å²) in [5.74, 6) is 1.81. The highest BCUT2D eigenvalue weighted by atomic mass is 32.2.